The summed E-state index contributed by atoms with van der Waals surface area (Å²) in [5.41, 5.74) is 3.41. The summed E-state index contributed by atoms with van der Waals surface area (Å²) in [7, 11) is 0. The Bertz CT molecular complexity index is 702. The van der Waals surface area contributed by atoms with Crippen LogP contribution in [0.1, 0.15) is 21.5 Å². The molecule has 2 nitrogen and oxygen atoms in total. The number of ketones is 1. The molecule has 94 valence electrons. The Balaban J connectivity index is 1.98. The number of aromatic hydroxyl groups is 1. The van der Waals surface area contributed by atoms with Crippen molar-refractivity contribution >= 4 is 23.5 Å². The fraction of sp³-hybridized carbons (Fsp3) is 0.0625. The molecular weight excluding hydrogens is 260 g/mol. The van der Waals surface area contributed by atoms with Crippen molar-refractivity contribution in [3.8, 4) is 5.75 Å². The molecule has 3 rings (SSSR count). The average molecular weight is 271 g/mol. The van der Waals surface area contributed by atoms with Crippen LogP contribution in [0.25, 0.3) is 6.08 Å². The van der Waals surface area contributed by atoms with Crippen molar-refractivity contribution < 1.29 is 9.90 Å². The highest BCUT2D eigenvalue weighted by atomic mass is 35.5. The molecule has 0 amide bonds. The second-order valence-electron chi connectivity index (χ2n) is 4.54. The van der Waals surface area contributed by atoms with Crippen LogP contribution in [0.5, 0.6) is 5.75 Å². The van der Waals surface area contributed by atoms with Gasteiger partial charge >= 0.3 is 0 Å². The van der Waals surface area contributed by atoms with Gasteiger partial charge in [-0.2, -0.15) is 0 Å². The molecule has 19 heavy (non-hydrogen) atoms. The number of hydrogen-bond donors (Lipinski definition) is 1. The van der Waals surface area contributed by atoms with E-state index in [0.29, 0.717) is 6.42 Å². The van der Waals surface area contributed by atoms with Crippen LogP contribution in [0.4, 0.5) is 0 Å². The van der Waals surface area contributed by atoms with E-state index in [-0.39, 0.29) is 16.6 Å². The molecule has 0 saturated heterocycles. The smallest absolute Gasteiger partial charge is 0.189 e. The molecule has 1 aliphatic carbocycles. The number of halogens is 1. The average Bonchev–Trinajstić information content (AvgIpc) is 2.72. The number of hydrogen-bond acceptors (Lipinski definition) is 2. The molecule has 2 aromatic rings. The van der Waals surface area contributed by atoms with E-state index in [9.17, 15) is 9.90 Å². The zero-order valence-corrected chi connectivity index (χ0v) is 10.8. The van der Waals surface area contributed by atoms with Gasteiger partial charge in [0.1, 0.15) is 5.75 Å². The summed E-state index contributed by atoms with van der Waals surface area (Å²) in [5.74, 6) is 0.115. The van der Waals surface area contributed by atoms with Crippen LogP contribution < -0.4 is 0 Å². The molecule has 0 radical (unpaired) electrons. The zero-order valence-electron chi connectivity index (χ0n) is 10.1. The minimum absolute atomic E-state index is 0.0462. The predicted octanol–water partition coefficient (Wildman–Crippen LogP) is 3.87. The van der Waals surface area contributed by atoms with E-state index in [2.05, 4.69) is 0 Å². The number of fused-ring (bicyclic) bond motifs is 1. The van der Waals surface area contributed by atoms with Crippen molar-refractivity contribution in [2.75, 3.05) is 0 Å². The fourth-order valence-corrected chi connectivity index (χ4v) is 2.47. The normalized spacial score (nSPS) is 15.8. The summed E-state index contributed by atoms with van der Waals surface area (Å²) >= 11 is 5.86. The van der Waals surface area contributed by atoms with E-state index in [1.165, 1.54) is 6.07 Å². The Morgan fingerprint density at radius 1 is 1.16 bits per heavy atom. The summed E-state index contributed by atoms with van der Waals surface area (Å²) in [6.07, 6.45) is 2.47. The van der Waals surface area contributed by atoms with Crippen LogP contribution in [-0.4, -0.2) is 10.9 Å². The fourth-order valence-electron chi connectivity index (χ4n) is 2.29. The maximum absolute atomic E-state index is 12.2. The van der Waals surface area contributed by atoms with Crippen molar-refractivity contribution in [2.45, 2.75) is 6.42 Å². The van der Waals surface area contributed by atoms with Gasteiger partial charge in [-0.25, -0.2) is 0 Å². The van der Waals surface area contributed by atoms with E-state index in [1.807, 2.05) is 30.3 Å². The second kappa shape index (κ2) is 4.56. The SMILES string of the molecule is O=C1/C(=C/c2ccc(O)c(Cl)c2)Cc2ccccc21. The zero-order chi connectivity index (χ0) is 13.4. The molecule has 0 unspecified atom stereocenters. The van der Waals surface area contributed by atoms with Crippen molar-refractivity contribution in [3.63, 3.8) is 0 Å². The van der Waals surface area contributed by atoms with E-state index in [1.54, 1.807) is 12.1 Å². The Morgan fingerprint density at radius 2 is 1.95 bits per heavy atom. The summed E-state index contributed by atoms with van der Waals surface area (Å²) in [5, 5.41) is 9.67. The molecule has 1 N–H and O–H groups in total. The number of rotatable bonds is 1. The van der Waals surface area contributed by atoms with E-state index in [4.69, 9.17) is 11.6 Å². The van der Waals surface area contributed by atoms with E-state index >= 15 is 0 Å². The van der Waals surface area contributed by atoms with Gasteiger partial charge in [-0.05, 0) is 29.3 Å². The van der Waals surface area contributed by atoms with Crippen LogP contribution in [0.2, 0.25) is 5.02 Å². The maximum Gasteiger partial charge on any atom is 0.189 e. The summed E-state index contributed by atoms with van der Waals surface area (Å²) < 4.78 is 0. The minimum atomic E-state index is 0.0462. The number of allylic oxidation sites excluding steroid dienone is 1. The molecule has 0 aromatic heterocycles. The first kappa shape index (κ1) is 12.0. The van der Waals surface area contributed by atoms with Crippen molar-refractivity contribution in [2.24, 2.45) is 0 Å². The van der Waals surface area contributed by atoms with Gasteiger partial charge in [-0.15, -0.1) is 0 Å². The second-order valence-corrected chi connectivity index (χ2v) is 4.95. The van der Waals surface area contributed by atoms with Crippen LogP contribution >= 0.6 is 11.6 Å². The number of carbonyl (C=O) groups excluding carboxylic acids is 1. The number of phenols is 1. The van der Waals surface area contributed by atoms with Crippen LogP contribution in [-0.2, 0) is 6.42 Å². The molecule has 0 bridgehead atoms. The van der Waals surface area contributed by atoms with Gasteiger partial charge in [-0.1, -0.05) is 41.9 Å². The number of carbonyl (C=O) groups is 1. The third-order valence-electron chi connectivity index (χ3n) is 3.25. The molecule has 3 heteroatoms. The van der Waals surface area contributed by atoms with Gasteiger partial charge in [0.2, 0.25) is 0 Å². The highest BCUT2D eigenvalue weighted by Gasteiger charge is 2.23. The molecule has 0 saturated carbocycles. The molecular formula is C16H11ClO2. The van der Waals surface area contributed by atoms with Crippen molar-refractivity contribution in [3.05, 3.63) is 69.8 Å². The van der Waals surface area contributed by atoms with E-state index < -0.39 is 0 Å². The Labute approximate surface area is 116 Å². The number of Topliss-reactive ketones (excluding diaryl/α,β-unsaturated/α-hetero) is 1. The van der Waals surface area contributed by atoms with Crippen LogP contribution in [0.15, 0.2) is 48.0 Å². The van der Waals surface area contributed by atoms with Gasteiger partial charge in [0.05, 0.1) is 5.02 Å². The highest BCUT2D eigenvalue weighted by Crippen LogP contribution is 2.29. The Kier molecular flexibility index (Phi) is 2.88. The lowest BCUT2D eigenvalue weighted by Crippen LogP contribution is -1.94. The summed E-state index contributed by atoms with van der Waals surface area (Å²) in [6.45, 7) is 0. The largest absolute Gasteiger partial charge is 0.506 e. The minimum Gasteiger partial charge on any atom is -0.506 e. The molecule has 2 aromatic carbocycles. The van der Waals surface area contributed by atoms with Gasteiger partial charge in [0, 0.05) is 17.6 Å². The van der Waals surface area contributed by atoms with Gasteiger partial charge in [-0.3, -0.25) is 4.79 Å². The number of benzene rings is 2. The molecule has 1 aliphatic rings. The topological polar surface area (TPSA) is 37.3 Å². The van der Waals surface area contributed by atoms with Crippen LogP contribution in [0, 0.1) is 0 Å². The lowest BCUT2D eigenvalue weighted by molar-refractivity contribution is 0.104. The molecule has 0 spiro atoms. The molecule has 0 aliphatic heterocycles. The summed E-state index contributed by atoms with van der Waals surface area (Å²) in [6, 6.07) is 12.6. The predicted molar refractivity (Wildman–Crippen MR) is 75.6 cm³/mol. The first-order valence-corrected chi connectivity index (χ1v) is 6.34. The maximum atomic E-state index is 12.2. The van der Waals surface area contributed by atoms with Gasteiger partial charge in [0.15, 0.2) is 5.78 Å². The Morgan fingerprint density at radius 3 is 2.68 bits per heavy atom. The molecule has 0 fully saturated rings. The quantitative estimate of drug-likeness (QED) is 0.799. The van der Waals surface area contributed by atoms with Crippen molar-refractivity contribution in [1.29, 1.82) is 0 Å². The Hall–Kier alpha value is -2.06. The van der Waals surface area contributed by atoms with Gasteiger partial charge < -0.3 is 5.11 Å². The summed E-state index contributed by atoms with van der Waals surface area (Å²) in [4.78, 5) is 12.2. The highest BCUT2D eigenvalue weighted by molar-refractivity contribution is 6.32. The number of phenolic OH excluding ortho intramolecular Hbond substituents is 1. The monoisotopic (exact) mass is 270 g/mol. The van der Waals surface area contributed by atoms with E-state index in [0.717, 1.165) is 22.3 Å². The molecule has 0 atom stereocenters. The first-order valence-electron chi connectivity index (χ1n) is 5.97. The van der Waals surface area contributed by atoms with Gasteiger partial charge in [0.25, 0.3) is 0 Å². The molecule has 0 heterocycles. The first-order chi connectivity index (χ1) is 9.15. The third kappa shape index (κ3) is 2.15. The lowest BCUT2D eigenvalue weighted by Gasteiger charge is -2.00. The standard InChI is InChI=1S/C16H11ClO2/c17-14-8-10(5-6-15(14)18)7-12-9-11-3-1-2-4-13(11)16(12)19/h1-8,18H,9H2/b12-7+. The third-order valence-corrected chi connectivity index (χ3v) is 3.55. The van der Waals surface area contributed by atoms with Crippen LogP contribution in [0.3, 0.4) is 0 Å². The van der Waals surface area contributed by atoms with Crippen molar-refractivity contribution in [1.82, 2.24) is 0 Å². The lowest BCUT2D eigenvalue weighted by atomic mass is 10.1.